The van der Waals surface area contributed by atoms with Crippen molar-refractivity contribution in [2.75, 3.05) is 13.7 Å². The summed E-state index contributed by atoms with van der Waals surface area (Å²) in [6.07, 6.45) is 0.963. The Labute approximate surface area is 145 Å². The summed E-state index contributed by atoms with van der Waals surface area (Å²) < 4.78 is 5.01. The van der Waals surface area contributed by atoms with Gasteiger partial charge in [-0.05, 0) is 35.1 Å². The van der Waals surface area contributed by atoms with Crippen molar-refractivity contribution in [3.8, 4) is 0 Å². The molecule has 3 rings (SSSR count). The van der Waals surface area contributed by atoms with E-state index in [-0.39, 0.29) is 18.4 Å². The van der Waals surface area contributed by atoms with Crippen LogP contribution in [0.25, 0.3) is 0 Å². The van der Waals surface area contributed by atoms with Crippen LogP contribution in [0.4, 0.5) is 0 Å². The Hall–Kier alpha value is -1.07. The third kappa shape index (κ3) is 3.30. The third-order valence-electron chi connectivity index (χ3n) is 3.83. The number of halogens is 2. The molecular formula is C16H16Cl2NO2S-. The van der Waals surface area contributed by atoms with Crippen LogP contribution >= 0.6 is 22.9 Å². The van der Waals surface area contributed by atoms with E-state index in [1.165, 1.54) is 17.6 Å². The molecule has 0 aliphatic carbocycles. The molecule has 0 saturated carbocycles. The quantitative estimate of drug-likeness (QED) is 0.757. The number of esters is 1. The molecule has 0 saturated heterocycles. The Morgan fingerprint density at radius 3 is 2.86 bits per heavy atom. The van der Waals surface area contributed by atoms with E-state index in [1.807, 2.05) is 24.3 Å². The summed E-state index contributed by atoms with van der Waals surface area (Å²) in [5.74, 6) is -0.262. The van der Waals surface area contributed by atoms with E-state index in [9.17, 15) is 4.79 Å². The number of carbonyl (C=O) groups is 1. The zero-order valence-electron chi connectivity index (χ0n) is 12.1. The van der Waals surface area contributed by atoms with Gasteiger partial charge in [0.15, 0.2) is 0 Å². The van der Waals surface area contributed by atoms with E-state index >= 15 is 0 Å². The summed E-state index contributed by atoms with van der Waals surface area (Å²) in [6.45, 7) is 1.59. The predicted octanol–water partition coefficient (Wildman–Crippen LogP) is 0.678. The molecule has 0 radical (unpaired) electrons. The maximum Gasteiger partial charge on any atom is 0.327 e. The second kappa shape index (κ2) is 7.47. The molecule has 3 nitrogen and oxygen atoms in total. The summed E-state index contributed by atoms with van der Waals surface area (Å²) in [5.41, 5.74) is 2.11. The van der Waals surface area contributed by atoms with Gasteiger partial charge in [0.2, 0.25) is 0 Å². The molecule has 1 atom stereocenters. The smallest absolute Gasteiger partial charge is 0.327 e. The van der Waals surface area contributed by atoms with Gasteiger partial charge in [-0.15, -0.1) is 11.3 Å². The van der Waals surface area contributed by atoms with Crippen molar-refractivity contribution >= 4 is 28.9 Å². The van der Waals surface area contributed by atoms with Gasteiger partial charge in [-0.25, -0.2) is 4.79 Å². The largest absolute Gasteiger partial charge is 1.00 e. The van der Waals surface area contributed by atoms with Crippen molar-refractivity contribution in [3.05, 3.63) is 56.7 Å². The molecule has 2 heterocycles. The van der Waals surface area contributed by atoms with Crippen molar-refractivity contribution in [2.45, 2.75) is 19.0 Å². The first-order valence-electron chi connectivity index (χ1n) is 6.82. The van der Waals surface area contributed by atoms with Gasteiger partial charge in [-0.1, -0.05) is 29.8 Å². The van der Waals surface area contributed by atoms with Gasteiger partial charge in [0, 0.05) is 23.0 Å². The van der Waals surface area contributed by atoms with Crippen LogP contribution in [-0.2, 0) is 22.5 Å². The lowest BCUT2D eigenvalue weighted by atomic mass is 10.0. The number of hydrogen-bond acceptors (Lipinski definition) is 4. The maximum absolute atomic E-state index is 12.3. The van der Waals surface area contributed by atoms with Crippen LogP contribution in [0.2, 0.25) is 5.02 Å². The molecule has 0 fully saturated rings. The summed E-state index contributed by atoms with van der Waals surface area (Å²) in [6, 6.07) is 9.16. The van der Waals surface area contributed by atoms with E-state index in [4.69, 9.17) is 16.3 Å². The van der Waals surface area contributed by atoms with Gasteiger partial charge < -0.3 is 17.1 Å². The standard InChI is InChI=1S/C16H16ClNO2S.ClH/c1-20-16(19)15(12-4-2-3-5-13(12)17)18-8-6-14-11(10-18)7-9-21-14;/h2-5,7,9,15H,6,8,10H2,1H3;1H/p-1. The van der Waals surface area contributed by atoms with Crippen molar-refractivity contribution in [2.24, 2.45) is 0 Å². The fourth-order valence-electron chi connectivity index (χ4n) is 2.77. The molecule has 0 amide bonds. The highest BCUT2D eigenvalue weighted by atomic mass is 35.5. The van der Waals surface area contributed by atoms with Crippen LogP contribution < -0.4 is 12.4 Å². The number of benzene rings is 1. The molecule has 1 aromatic heterocycles. The molecule has 118 valence electrons. The first-order valence-corrected chi connectivity index (χ1v) is 8.08. The van der Waals surface area contributed by atoms with Crippen molar-refractivity contribution in [1.29, 1.82) is 0 Å². The monoisotopic (exact) mass is 356 g/mol. The number of nitrogens with zero attached hydrogens (tertiary/aromatic N) is 1. The Kier molecular flexibility index (Phi) is 5.87. The maximum atomic E-state index is 12.3. The van der Waals surface area contributed by atoms with E-state index in [0.29, 0.717) is 5.02 Å². The molecule has 1 aliphatic rings. The number of ether oxygens (including phenoxy) is 1. The number of thiophene rings is 1. The second-order valence-corrected chi connectivity index (χ2v) is 6.44. The highest BCUT2D eigenvalue weighted by Gasteiger charge is 2.32. The summed E-state index contributed by atoms with van der Waals surface area (Å²) in [7, 11) is 1.42. The van der Waals surface area contributed by atoms with Gasteiger partial charge in [0.05, 0.1) is 7.11 Å². The Morgan fingerprint density at radius 1 is 1.36 bits per heavy atom. The average Bonchev–Trinajstić information content (AvgIpc) is 2.97. The minimum Gasteiger partial charge on any atom is -1.00 e. The first kappa shape index (κ1) is 17.3. The lowest BCUT2D eigenvalue weighted by Crippen LogP contribution is -3.00. The molecule has 0 spiro atoms. The summed E-state index contributed by atoms with van der Waals surface area (Å²) in [4.78, 5) is 15.8. The number of methoxy groups -OCH3 is 1. The summed E-state index contributed by atoms with van der Waals surface area (Å²) >= 11 is 8.07. The van der Waals surface area contributed by atoms with E-state index in [2.05, 4.69) is 16.3 Å². The molecule has 1 aliphatic heterocycles. The van der Waals surface area contributed by atoms with Crippen LogP contribution in [0, 0.1) is 0 Å². The van der Waals surface area contributed by atoms with Crippen LogP contribution in [0.1, 0.15) is 22.0 Å². The molecule has 2 aromatic rings. The number of fused-ring (bicyclic) bond motifs is 1. The lowest BCUT2D eigenvalue weighted by molar-refractivity contribution is -0.147. The van der Waals surface area contributed by atoms with Crippen LogP contribution in [0.3, 0.4) is 0 Å². The molecule has 22 heavy (non-hydrogen) atoms. The van der Waals surface area contributed by atoms with Crippen LogP contribution in [0.15, 0.2) is 35.7 Å². The molecule has 1 aromatic carbocycles. The zero-order valence-corrected chi connectivity index (χ0v) is 14.4. The lowest BCUT2D eigenvalue weighted by Gasteiger charge is -2.33. The normalized spacial score (nSPS) is 15.5. The van der Waals surface area contributed by atoms with Crippen LogP contribution in [-0.4, -0.2) is 24.5 Å². The van der Waals surface area contributed by atoms with Crippen molar-refractivity contribution in [3.63, 3.8) is 0 Å². The Balaban J connectivity index is 0.00000176. The molecule has 0 bridgehead atoms. The van der Waals surface area contributed by atoms with Crippen molar-refractivity contribution in [1.82, 2.24) is 4.90 Å². The summed E-state index contributed by atoms with van der Waals surface area (Å²) in [5, 5.41) is 2.71. The highest BCUT2D eigenvalue weighted by Crippen LogP contribution is 2.33. The van der Waals surface area contributed by atoms with Crippen LogP contribution in [0.5, 0.6) is 0 Å². The molecule has 0 N–H and O–H groups in total. The first-order chi connectivity index (χ1) is 10.2. The predicted molar refractivity (Wildman–Crippen MR) is 84.6 cm³/mol. The van der Waals surface area contributed by atoms with E-state index < -0.39 is 6.04 Å². The Morgan fingerprint density at radius 2 is 2.14 bits per heavy atom. The fraction of sp³-hybridized carbons (Fsp3) is 0.312. The van der Waals surface area contributed by atoms with Crippen molar-refractivity contribution < 1.29 is 21.9 Å². The van der Waals surface area contributed by atoms with Gasteiger partial charge in [0.1, 0.15) is 6.04 Å². The fourth-order valence-corrected chi connectivity index (χ4v) is 3.90. The highest BCUT2D eigenvalue weighted by molar-refractivity contribution is 7.10. The van der Waals surface area contributed by atoms with Gasteiger partial charge in [-0.3, -0.25) is 4.90 Å². The minimum absolute atomic E-state index is 0. The van der Waals surface area contributed by atoms with Gasteiger partial charge >= 0.3 is 5.97 Å². The molecular weight excluding hydrogens is 341 g/mol. The molecule has 1 unspecified atom stereocenters. The topological polar surface area (TPSA) is 29.5 Å². The van der Waals surface area contributed by atoms with E-state index in [1.54, 1.807) is 11.3 Å². The third-order valence-corrected chi connectivity index (χ3v) is 5.19. The number of carbonyl (C=O) groups excluding carboxylic acids is 1. The minimum atomic E-state index is -0.447. The Bertz CT molecular complexity index is 659. The van der Waals surface area contributed by atoms with Gasteiger partial charge in [-0.2, -0.15) is 0 Å². The SMILES string of the molecule is COC(=O)C(c1ccccc1Cl)N1CCc2sccc2C1.[Cl-]. The average molecular weight is 357 g/mol. The number of rotatable bonds is 3. The van der Waals surface area contributed by atoms with E-state index in [0.717, 1.165) is 25.1 Å². The van der Waals surface area contributed by atoms with Gasteiger partial charge in [0.25, 0.3) is 0 Å². The molecule has 6 heteroatoms. The number of hydrogen-bond donors (Lipinski definition) is 0. The second-order valence-electron chi connectivity index (χ2n) is 5.04. The zero-order chi connectivity index (χ0) is 14.8.